The van der Waals surface area contributed by atoms with Gasteiger partial charge in [0.1, 0.15) is 0 Å². The van der Waals surface area contributed by atoms with Gasteiger partial charge in [0.2, 0.25) is 0 Å². The van der Waals surface area contributed by atoms with Crippen molar-refractivity contribution in [2.24, 2.45) is 0 Å². The summed E-state index contributed by atoms with van der Waals surface area (Å²) in [5.74, 6) is 0.685. The van der Waals surface area contributed by atoms with Crippen LogP contribution in [0.4, 0.5) is 0 Å². The second kappa shape index (κ2) is 5.35. The van der Waals surface area contributed by atoms with Crippen molar-refractivity contribution in [1.82, 2.24) is 15.1 Å². The third kappa shape index (κ3) is 2.82. The number of rotatable bonds is 5. The average molecular weight is 276 g/mol. The average Bonchev–Trinajstić information content (AvgIpc) is 3.15. The summed E-state index contributed by atoms with van der Waals surface area (Å²) in [6, 6.07) is 8.23. The van der Waals surface area contributed by atoms with Gasteiger partial charge in [-0.05, 0) is 43.1 Å². The van der Waals surface area contributed by atoms with Gasteiger partial charge in [0.05, 0.1) is 11.4 Å². The van der Waals surface area contributed by atoms with E-state index in [2.05, 4.69) is 35.5 Å². The molecule has 0 spiro atoms. The smallest absolute Gasteiger partial charge is 0.0660 e. The first-order valence-electron chi connectivity index (χ1n) is 6.83. The van der Waals surface area contributed by atoms with Crippen LogP contribution >= 0.6 is 11.6 Å². The van der Waals surface area contributed by atoms with E-state index in [0.29, 0.717) is 5.92 Å². The molecule has 0 aliphatic heterocycles. The largest absolute Gasteiger partial charge is 0.313 e. The second-order valence-corrected chi connectivity index (χ2v) is 5.42. The molecular weight excluding hydrogens is 258 g/mol. The molecule has 0 saturated heterocycles. The van der Waals surface area contributed by atoms with Gasteiger partial charge < -0.3 is 5.32 Å². The van der Waals surface area contributed by atoms with Crippen molar-refractivity contribution in [2.45, 2.75) is 32.2 Å². The molecule has 0 radical (unpaired) electrons. The van der Waals surface area contributed by atoms with Crippen molar-refractivity contribution in [3.63, 3.8) is 0 Å². The van der Waals surface area contributed by atoms with Crippen molar-refractivity contribution in [3.05, 3.63) is 46.7 Å². The summed E-state index contributed by atoms with van der Waals surface area (Å²) in [7, 11) is 0. The zero-order valence-corrected chi connectivity index (χ0v) is 11.8. The molecular formula is C15H18ClN3. The van der Waals surface area contributed by atoms with E-state index in [1.54, 1.807) is 0 Å². The van der Waals surface area contributed by atoms with E-state index in [0.717, 1.165) is 29.4 Å². The lowest BCUT2D eigenvalue weighted by Gasteiger charge is -2.07. The first-order valence-corrected chi connectivity index (χ1v) is 7.21. The van der Waals surface area contributed by atoms with Crippen LogP contribution in [0.2, 0.25) is 5.02 Å². The highest BCUT2D eigenvalue weighted by Crippen LogP contribution is 2.39. The SMILES string of the molecule is CCNCc1ccc(-n2ccc(C3CC3)n2)cc1Cl. The summed E-state index contributed by atoms with van der Waals surface area (Å²) >= 11 is 6.32. The molecule has 1 heterocycles. The van der Waals surface area contributed by atoms with Crippen LogP contribution in [-0.2, 0) is 6.54 Å². The first kappa shape index (κ1) is 12.7. The minimum atomic E-state index is 0.685. The molecule has 100 valence electrons. The predicted molar refractivity (Wildman–Crippen MR) is 77.9 cm³/mol. The summed E-state index contributed by atoms with van der Waals surface area (Å²) in [4.78, 5) is 0. The molecule has 0 unspecified atom stereocenters. The molecule has 3 rings (SSSR count). The lowest BCUT2D eigenvalue weighted by molar-refractivity contribution is 0.726. The minimum absolute atomic E-state index is 0.685. The summed E-state index contributed by atoms with van der Waals surface area (Å²) in [5, 5.41) is 8.70. The molecule has 1 aromatic carbocycles. The Kier molecular flexibility index (Phi) is 3.58. The molecule has 19 heavy (non-hydrogen) atoms. The summed E-state index contributed by atoms with van der Waals surface area (Å²) in [5.41, 5.74) is 3.35. The van der Waals surface area contributed by atoms with E-state index in [9.17, 15) is 0 Å². The van der Waals surface area contributed by atoms with Gasteiger partial charge >= 0.3 is 0 Å². The molecule has 1 aliphatic carbocycles. The number of nitrogens with zero attached hydrogens (tertiary/aromatic N) is 2. The van der Waals surface area contributed by atoms with Gasteiger partial charge in [0.15, 0.2) is 0 Å². The molecule has 1 fully saturated rings. The highest BCUT2D eigenvalue weighted by molar-refractivity contribution is 6.31. The van der Waals surface area contributed by atoms with Crippen LogP contribution < -0.4 is 5.32 Å². The van der Waals surface area contributed by atoms with Crippen LogP contribution in [0.5, 0.6) is 0 Å². The quantitative estimate of drug-likeness (QED) is 0.905. The number of hydrogen-bond acceptors (Lipinski definition) is 2. The van der Waals surface area contributed by atoms with Crippen molar-refractivity contribution < 1.29 is 0 Å². The zero-order valence-electron chi connectivity index (χ0n) is 11.1. The zero-order chi connectivity index (χ0) is 13.2. The number of halogens is 1. The number of benzene rings is 1. The van der Waals surface area contributed by atoms with Gasteiger partial charge in [-0.1, -0.05) is 24.6 Å². The number of aromatic nitrogens is 2. The predicted octanol–water partition coefficient (Wildman–Crippen LogP) is 3.51. The van der Waals surface area contributed by atoms with E-state index in [1.807, 2.05) is 16.9 Å². The van der Waals surface area contributed by atoms with Gasteiger partial charge in [-0.3, -0.25) is 0 Å². The standard InChI is InChI=1S/C15H18ClN3/c1-2-17-10-12-5-6-13(9-14(12)16)19-8-7-15(18-19)11-3-4-11/h5-9,11,17H,2-4,10H2,1H3. The molecule has 2 aromatic rings. The Hall–Kier alpha value is -1.32. The lowest BCUT2D eigenvalue weighted by Crippen LogP contribution is -2.12. The van der Waals surface area contributed by atoms with Crippen LogP contribution in [-0.4, -0.2) is 16.3 Å². The molecule has 4 heteroatoms. The van der Waals surface area contributed by atoms with Gasteiger partial charge in [0.25, 0.3) is 0 Å². The van der Waals surface area contributed by atoms with Crippen LogP contribution in [0.25, 0.3) is 5.69 Å². The Labute approximate surface area is 118 Å². The Morgan fingerprint density at radius 2 is 2.21 bits per heavy atom. The fourth-order valence-corrected chi connectivity index (χ4v) is 2.40. The van der Waals surface area contributed by atoms with Gasteiger partial charge in [-0.25, -0.2) is 4.68 Å². The van der Waals surface area contributed by atoms with E-state index in [-0.39, 0.29) is 0 Å². The van der Waals surface area contributed by atoms with E-state index < -0.39 is 0 Å². The van der Waals surface area contributed by atoms with Gasteiger partial charge in [-0.2, -0.15) is 5.10 Å². The summed E-state index contributed by atoms with van der Waals surface area (Å²) < 4.78 is 1.91. The van der Waals surface area contributed by atoms with Gasteiger partial charge in [0, 0.05) is 23.7 Å². The third-order valence-electron chi connectivity index (χ3n) is 3.47. The Balaban J connectivity index is 1.81. The second-order valence-electron chi connectivity index (χ2n) is 5.02. The monoisotopic (exact) mass is 275 g/mol. The number of hydrogen-bond donors (Lipinski definition) is 1. The topological polar surface area (TPSA) is 29.9 Å². The Morgan fingerprint density at radius 3 is 2.89 bits per heavy atom. The highest BCUT2D eigenvalue weighted by Gasteiger charge is 2.25. The molecule has 1 saturated carbocycles. The highest BCUT2D eigenvalue weighted by atomic mass is 35.5. The number of nitrogens with one attached hydrogen (secondary N) is 1. The molecule has 3 nitrogen and oxygen atoms in total. The third-order valence-corrected chi connectivity index (χ3v) is 3.82. The first-order chi connectivity index (χ1) is 9.28. The van der Waals surface area contributed by atoms with Crippen molar-refractivity contribution in [2.75, 3.05) is 6.54 Å². The lowest BCUT2D eigenvalue weighted by atomic mass is 10.2. The molecule has 1 N–H and O–H groups in total. The minimum Gasteiger partial charge on any atom is -0.313 e. The van der Waals surface area contributed by atoms with Crippen LogP contribution in [0, 0.1) is 0 Å². The summed E-state index contributed by atoms with van der Waals surface area (Å²) in [6.45, 7) is 3.84. The summed E-state index contributed by atoms with van der Waals surface area (Å²) in [6.07, 6.45) is 4.57. The maximum atomic E-state index is 6.32. The van der Waals surface area contributed by atoms with Crippen LogP contribution in [0.3, 0.4) is 0 Å². The normalized spacial score (nSPS) is 14.8. The maximum Gasteiger partial charge on any atom is 0.0660 e. The van der Waals surface area contributed by atoms with Crippen molar-refractivity contribution in [3.8, 4) is 5.69 Å². The molecule has 0 atom stereocenters. The Bertz CT molecular complexity index is 573. The van der Waals surface area contributed by atoms with Crippen LogP contribution in [0.15, 0.2) is 30.5 Å². The molecule has 1 aromatic heterocycles. The van der Waals surface area contributed by atoms with Gasteiger partial charge in [-0.15, -0.1) is 0 Å². The van der Waals surface area contributed by atoms with E-state index in [1.165, 1.54) is 18.5 Å². The fraction of sp³-hybridized carbons (Fsp3) is 0.400. The van der Waals surface area contributed by atoms with Crippen molar-refractivity contribution in [1.29, 1.82) is 0 Å². The maximum absolute atomic E-state index is 6.32. The van der Waals surface area contributed by atoms with E-state index >= 15 is 0 Å². The molecule has 1 aliphatic rings. The molecule has 0 amide bonds. The van der Waals surface area contributed by atoms with Crippen molar-refractivity contribution >= 4 is 11.6 Å². The molecule has 0 bridgehead atoms. The fourth-order valence-electron chi connectivity index (χ4n) is 2.16. The Morgan fingerprint density at radius 1 is 1.37 bits per heavy atom. The van der Waals surface area contributed by atoms with E-state index in [4.69, 9.17) is 11.6 Å². The van der Waals surface area contributed by atoms with Crippen LogP contribution in [0.1, 0.15) is 36.9 Å².